The number of anilines is 1. The highest BCUT2D eigenvalue weighted by atomic mass is 19.1. The maximum absolute atomic E-state index is 14.8. The van der Waals surface area contributed by atoms with Crippen LogP contribution in [0.5, 0.6) is 0 Å². The zero-order chi connectivity index (χ0) is 21.3. The molecule has 2 fully saturated rings. The molecular formula is C21H25FN6O2. The number of fused-ring (bicyclic) bond motifs is 1. The summed E-state index contributed by atoms with van der Waals surface area (Å²) in [5, 5.41) is 12.9. The summed E-state index contributed by atoms with van der Waals surface area (Å²) in [4.78, 5) is 24.9. The van der Waals surface area contributed by atoms with Gasteiger partial charge < -0.3 is 19.9 Å². The first-order valence-corrected chi connectivity index (χ1v) is 10.1. The van der Waals surface area contributed by atoms with Crippen molar-refractivity contribution in [3.05, 3.63) is 30.2 Å². The van der Waals surface area contributed by atoms with Crippen LogP contribution in [-0.2, 0) is 9.53 Å². The molecule has 2 aliphatic rings. The predicted octanol–water partition coefficient (Wildman–Crippen LogP) is 1.26. The van der Waals surface area contributed by atoms with Gasteiger partial charge in [0.05, 0.1) is 24.1 Å². The van der Waals surface area contributed by atoms with Crippen LogP contribution in [-0.4, -0.2) is 78.4 Å². The first kappa shape index (κ1) is 20.4. The molecule has 1 N–H and O–H groups in total. The van der Waals surface area contributed by atoms with Gasteiger partial charge in [-0.2, -0.15) is 5.26 Å². The Kier molecular flexibility index (Phi) is 5.54. The molecule has 2 aromatic rings. The fourth-order valence-electron chi connectivity index (χ4n) is 4.25. The van der Waals surface area contributed by atoms with Crippen molar-refractivity contribution in [1.82, 2.24) is 20.2 Å². The van der Waals surface area contributed by atoms with Gasteiger partial charge in [0.15, 0.2) is 5.69 Å². The number of carbonyl (C=O) groups is 1. The molecule has 8 nitrogen and oxygen atoms in total. The van der Waals surface area contributed by atoms with E-state index < -0.39 is 11.6 Å². The Hall–Kier alpha value is -2.83. The predicted molar refractivity (Wildman–Crippen MR) is 110 cm³/mol. The molecule has 0 spiro atoms. The van der Waals surface area contributed by atoms with E-state index in [0.29, 0.717) is 25.2 Å². The van der Waals surface area contributed by atoms with Gasteiger partial charge in [-0.25, -0.2) is 9.37 Å². The third-order valence-corrected chi connectivity index (χ3v) is 5.70. The number of nitrogens with one attached hydrogen (secondary N) is 1. The maximum atomic E-state index is 14.8. The quantitative estimate of drug-likeness (QED) is 0.808. The Morgan fingerprint density at radius 1 is 1.47 bits per heavy atom. The molecule has 4 heterocycles. The van der Waals surface area contributed by atoms with Gasteiger partial charge in [-0.3, -0.25) is 9.78 Å². The van der Waals surface area contributed by atoms with E-state index in [2.05, 4.69) is 26.3 Å². The van der Waals surface area contributed by atoms with Gasteiger partial charge in [-0.1, -0.05) is 0 Å². The average Bonchev–Trinajstić information content (AvgIpc) is 3.10. The second kappa shape index (κ2) is 8.13. The van der Waals surface area contributed by atoms with Crippen LogP contribution in [0.1, 0.15) is 19.0 Å². The molecule has 2 saturated heterocycles. The van der Waals surface area contributed by atoms with Crippen LogP contribution in [0, 0.1) is 11.3 Å². The van der Waals surface area contributed by atoms with Crippen molar-refractivity contribution >= 4 is 22.5 Å². The van der Waals surface area contributed by atoms with Crippen LogP contribution in [0.25, 0.3) is 10.9 Å². The van der Waals surface area contributed by atoms with E-state index in [-0.39, 0.29) is 37.4 Å². The van der Waals surface area contributed by atoms with E-state index >= 15 is 0 Å². The standard InChI is InChI=1S/C21H25FN6O2/c1-14-11-28(18-10-25-17(8-23)19-16(18)4-3-6-24-19)12-15(30-14)9-26-20(29)21(22)5-7-27(2)13-21/h3-4,6,10,14-15H,5,7,9,11-13H2,1-2H3,(H,26,29)/t14-,15+,21?/m1/s1. The SMILES string of the molecule is C[C@@H]1CN(c2cnc(C#N)c3ncccc23)C[C@H](CNC(=O)C2(F)CCN(C)C2)O1. The maximum Gasteiger partial charge on any atom is 0.259 e. The van der Waals surface area contributed by atoms with E-state index in [4.69, 9.17) is 4.74 Å². The molecule has 1 unspecified atom stereocenters. The number of nitrogens with zero attached hydrogens (tertiary/aromatic N) is 5. The lowest BCUT2D eigenvalue weighted by Gasteiger charge is -2.38. The van der Waals surface area contributed by atoms with Crippen LogP contribution in [0.15, 0.2) is 24.5 Å². The Bertz CT molecular complexity index is 995. The monoisotopic (exact) mass is 412 g/mol. The number of pyridine rings is 2. The number of nitriles is 1. The molecule has 1 amide bonds. The summed E-state index contributed by atoms with van der Waals surface area (Å²) in [5.74, 6) is -0.574. The first-order valence-electron chi connectivity index (χ1n) is 10.1. The topological polar surface area (TPSA) is 94.4 Å². The number of morpholine rings is 1. The van der Waals surface area contributed by atoms with Crippen molar-refractivity contribution in [2.24, 2.45) is 0 Å². The Balaban J connectivity index is 1.49. The number of rotatable bonds is 4. The zero-order valence-electron chi connectivity index (χ0n) is 17.1. The molecule has 30 heavy (non-hydrogen) atoms. The van der Waals surface area contributed by atoms with Gasteiger partial charge in [0.1, 0.15) is 11.6 Å². The molecule has 0 bridgehead atoms. The van der Waals surface area contributed by atoms with E-state index in [1.807, 2.05) is 31.0 Å². The Morgan fingerprint density at radius 3 is 3.03 bits per heavy atom. The molecule has 2 aliphatic heterocycles. The van der Waals surface area contributed by atoms with Crippen molar-refractivity contribution < 1.29 is 13.9 Å². The van der Waals surface area contributed by atoms with Crippen molar-refractivity contribution in [3.63, 3.8) is 0 Å². The van der Waals surface area contributed by atoms with Crippen LogP contribution in [0.4, 0.5) is 10.1 Å². The number of halogens is 1. The number of likely N-dealkylation sites (tertiary alicyclic amines) is 1. The lowest BCUT2D eigenvalue weighted by atomic mass is 10.0. The van der Waals surface area contributed by atoms with Gasteiger partial charge in [-0.15, -0.1) is 0 Å². The molecule has 0 aliphatic carbocycles. The van der Waals surface area contributed by atoms with Crippen LogP contribution in [0.3, 0.4) is 0 Å². The normalized spacial score (nSPS) is 27.2. The second-order valence-electron chi connectivity index (χ2n) is 8.14. The highest BCUT2D eigenvalue weighted by molar-refractivity contribution is 5.93. The largest absolute Gasteiger partial charge is 0.370 e. The van der Waals surface area contributed by atoms with Gasteiger partial charge in [0.25, 0.3) is 5.91 Å². The van der Waals surface area contributed by atoms with Crippen molar-refractivity contribution in [2.75, 3.05) is 44.7 Å². The molecule has 0 saturated carbocycles. The van der Waals surface area contributed by atoms with Crippen LogP contribution in [0.2, 0.25) is 0 Å². The number of ether oxygens (including phenoxy) is 1. The first-order chi connectivity index (χ1) is 14.4. The Labute approximate surface area is 174 Å². The third-order valence-electron chi connectivity index (χ3n) is 5.70. The number of amides is 1. The van der Waals surface area contributed by atoms with Gasteiger partial charge in [0, 0.05) is 50.7 Å². The molecule has 4 rings (SSSR count). The van der Waals surface area contributed by atoms with Crippen molar-refractivity contribution in [1.29, 1.82) is 5.26 Å². The zero-order valence-corrected chi connectivity index (χ0v) is 17.1. The number of carbonyl (C=O) groups excluding carboxylic acids is 1. The molecule has 0 radical (unpaired) electrons. The number of aromatic nitrogens is 2. The summed E-state index contributed by atoms with van der Waals surface area (Å²) in [6, 6.07) is 5.82. The highest BCUT2D eigenvalue weighted by Gasteiger charge is 2.44. The fourth-order valence-corrected chi connectivity index (χ4v) is 4.25. The van der Waals surface area contributed by atoms with E-state index in [1.54, 1.807) is 12.4 Å². The number of alkyl halides is 1. The van der Waals surface area contributed by atoms with E-state index in [9.17, 15) is 14.4 Å². The van der Waals surface area contributed by atoms with Gasteiger partial charge >= 0.3 is 0 Å². The lowest BCUT2D eigenvalue weighted by molar-refractivity contribution is -0.133. The van der Waals surface area contributed by atoms with Gasteiger partial charge in [-0.05, 0) is 26.1 Å². The molecule has 3 atom stereocenters. The summed E-state index contributed by atoms with van der Waals surface area (Å²) < 4.78 is 20.8. The minimum atomic E-state index is -1.84. The Morgan fingerprint density at radius 2 is 2.30 bits per heavy atom. The fraction of sp³-hybridized carbons (Fsp3) is 0.524. The lowest BCUT2D eigenvalue weighted by Crippen LogP contribution is -2.53. The smallest absolute Gasteiger partial charge is 0.259 e. The summed E-state index contributed by atoms with van der Waals surface area (Å²) >= 11 is 0. The number of hydrogen-bond acceptors (Lipinski definition) is 7. The molecule has 158 valence electrons. The van der Waals surface area contributed by atoms with E-state index in [1.165, 1.54) is 0 Å². The molecule has 2 aromatic heterocycles. The molecule has 0 aromatic carbocycles. The van der Waals surface area contributed by atoms with Crippen LogP contribution >= 0.6 is 0 Å². The van der Waals surface area contributed by atoms with E-state index in [0.717, 1.165) is 11.1 Å². The van der Waals surface area contributed by atoms with Gasteiger partial charge in [0.2, 0.25) is 5.67 Å². The minimum Gasteiger partial charge on any atom is -0.370 e. The summed E-state index contributed by atoms with van der Waals surface area (Å²) in [7, 11) is 1.81. The third kappa shape index (κ3) is 3.93. The highest BCUT2D eigenvalue weighted by Crippen LogP contribution is 2.29. The summed E-state index contributed by atoms with van der Waals surface area (Å²) in [5.41, 5.74) is -0.128. The molecule has 9 heteroatoms. The molecular weight excluding hydrogens is 387 g/mol. The van der Waals surface area contributed by atoms with Crippen molar-refractivity contribution in [2.45, 2.75) is 31.2 Å². The minimum absolute atomic E-state index is 0.0834. The van der Waals surface area contributed by atoms with Crippen LogP contribution < -0.4 is 10.2 Å². The number of hydrogen-bond donors (Lipinski definition) is 1. The summed E-state index contributed by atoms with van der Waals surface area (Å²) in [6.45, 7) is 4.03. The van der Waals surface area contributed by atoms with Crippen molar-refractivity contribution in [3.8, 4) is 6.07 Å². The second-order valence-corrected chi connectivity index (χ2v) is 8.14. The summed E-state index contributed by atoms with van der Waals surface area (Å²) in [6.07, 6.45) is 3.16. The average molecular weight is 412 g/mol.